The lowest BCUT2D eigenvalue weighted by atomic mass is 10.2. The Hall–Kier alpha value is -3.37. The van der Waals surface area contributed by atoms with Gasteiger partial charge in [0.05, 0.1) is 29.6 Å². The highest BCUT2D eigenvalue weighted by Crippen LogP contribution is 2.42. The van der Waals surface area contributed by atoms with Crippen molar-refractivity contribution in [1.82, 2.24) is 0 Å². The number of hydrogen-bond acceptors (Lipinski definition) is 9. The topological polar surface area (TPSA) is 78.9 Å². The number of esters is 3. The summed E-state index contributed by atoms with van der Waals surface area (Å²) < 4.78 is 15.3. The normalized spacial score (nSPS) is 10.3. The van der Waals surface area contributed by atoms with Gasteiger partial charge in [0, 0.05) is 45.9 Å². The molecule has 0 bridgehead atoms. The van der Waals surface area contributed by atoms with Gasteiger partial charge in [-0.15, -0.1) is 34.0 Å². The monoisotopic (exact) mass is 624 g/mol. The quantitative estimate of drug-likeness (QED) is 0.0777. The molecule has 3 aromatic rings. The molecule has 3 rings (SSSR count). The minimum Gasteiger partial charge on any atom is -0.466 e. The van der Waals surface area contributed by atoms with Crippen LogP contribution in [0.5, 0.6) is 0 Å². The van der Waals surface area contributed by atoms with Gasteiger partial charge in [0.1, 0.15) is 4.88 Å². The molecule has 6 nitrogen and oxygen atoms in total. The third kappa shape index (κ3) is 10.8. The van der Waals surface area contributed by atoms with E-state index in [9.17, 15) is 14.4 Å². The first kappa shape index (κ1) is 33.1. The Labute approximate surface area is 260 Å². The van der Waals surface area contributed by atoms with Crippen LogP contribution in [0, 0.1) is 23.7 Å². The van der Waals surface area contributed by atoms with Crippen molar-refractivity contribution < 1.29 is 28.6 Å². The number of unbranched alkanes of at least 4 members (excludes halogenated alkanes) is 4. The van der Waals surface area contributed by atoms with E-state index in [1.54, 1.807) is 29.6 Å². The van der Waals surface area contributed by atoms with Gasteiger partial charge >= 0.3 is 17.9 Å². The maximum absolute atomic E-state index is 12.8. The van der Waals surface area contributed by atoms with E-state index in [0.717, 1.165) is 62.1 Å². The fourth-order valence-corrected chi connectivity index (χ4v) is 6.86. The Balaban J connectivity index is 1.65. The molecule has 9 heteroatoms. The van der Waals surface area contributed by atoms with Crippen LogP contribution in [0.3, 0.4) is 0 Å². The van der Waals surface area contributed by atoms with Crippen LogP contribution in [-0.2, 0) is 23.8 Å². The van der Waals surface area contributed by atoms with Crippen LogP contribution in [-0.4, -0.2) is 37.7 Å². The van der Waals surface area contributed by atoms with Crippen LogP contribution in [0.25, 0.3) is 20.2 Å². The highest BCUT2D eigenvalue weighted by Gasteiger charge is 2.21. The molecule has 0 aliphatic rings. The van der Waals surface area contributed by atoms with Gasteiger partial charge in [0.25, 0.3) is 0 Å². The van der Waals surface area contributed by atoms with E-state index in [-0.39, 0.29) is 17.9 Å². The Morgan fingerprint density at radius 2 is 1.17 bits per heavy atom. The van der Waals surface area contributed by atoms with E-state index < -0.39 is 0 Å². The average Bonchev–Trinajstić information content (AvgIpc) is 3.72. The zero-order chi connectivity index (χ0) is 30.2. The van der Waals surface area contributed by atoms with Crippen LogP contribution >= 0.6 is 34.0 Å². The van der Waals surface area contributed by atoms with Gasteiger partial charge in [0.2, 0.25) is 0 Å². The molecular weight excluding hydrogens is 589 g/mol. The number of ether oxygens (including phenoxy) is 3. The number of carbonyl (C=O) groups excluding carboxylic acids is 3. The minimum atomic E-state index is -0.328. The lowest BCUT2D eigenvalue weighted by Gasteiger charge is -2.01. The lowest BCUT2D eigenvalue weighted by molar-refractivity contribution is -0.144. The van der Waals surface area contributed by atoms with Gasteiger partial charge in [-0.25, -0.2) is 4.79 Å². The second-order valence-electron chi connectivity index (χ2n) is 9.03. The SMILES string of the molecule is CCOC(=O)CCCCC#Cc1ccc(-c2cc(-c3ccc(C#CCCCCC(=O)OCC)s3)c(C(=O)OCC)s2)s1. The molecule has 0 aromatic carbocycles. The maximum Gasteiger partial charge on any atom is 0.348 e. The maximum atomic E-state index is 12.8. The Morgan fingerprint density at radius 1 is 0.643 bits per heavy atom. The van der Waals surface area contributed by atoms with Crippen LogP contribution in [0.4, 0.5) is 0 Å². The van der Waals surface area contributed by atoms with Crippen molar-refractivity contribution in [2.45, 2.75) is 72.1 Å². The zero-order valence-corrected chi connectivity index (χ0v) is 26.8. The lowest BCUT2D eigenvalue weighted by Crippen LogP contribution is -2.03. The zero-order valence-electron chi connectivity index (χ0n) is 24.3. The Kier molecular flexibility index (Phi) is 14.4. The summed E-state index contributed by atoms with van der Waals surface area (Å²) >= 11 is 4.57. The summed E-state index contributed by atoms with van der Waals surface area (Å²) in [7, 11) is 0. The smallest absolute Gasteiger partial charge is 0.348 e. The number of carbonyl (C=O) groups is 3. The first-order valence-electron chi connectivity index (χ1n) is 14.2. The fourth-order valence-electron chi connectivity index (χ4n) is 3.86. The predicted octanol–water partition coefficient (Wildman–Crippen LogP) is 8.33. The molecule has 3 heterocycles. The summed E-state index contributed by atoms with van der Waals surface area (Å²) in [5.41, 5.74) is 0.851. The summed E-state index contributed by atoms with van der Waals surface area (Å²) in [5.74, 6) is 12.2. The van der Waals surface area contributed by atoms with Crippen molar-refractivity contribution in [2.24, 2.45) is 0 Å². The van der Waals surface area contributed by atoms with Gasteiger partial charge in [-0.2, -0.15) is 0 Å². The van der Waals surface area contributed by atoms with Crippen LogP contribution < -0.4 is 0 Å². The van der Waals surface area contributed by atoms with Gasteiger partial charge in [-0.05, 0) is 76.8 Å². The van der Waals surface area contributed by atoms with Crippen molar-refractivity contribution in [3.05, 3.63) is 45.0 Å². The first-order valence-corrected chi connectivity index (χ1v) is 16.7. The third-order valence-electron chi connectivity index (χ3n) is 5.81. The third-order valence-corrected chi connectivity index (χ3v) is 9.16. The van der Waals surface area contributed by atoms with Crippen molar-refractivity contribution in [1.29, 1.82) is 0 Å². The average molecular weight is 625 g/mol. The highest BCUT2D eigenvalue weighted by molar-refractivity contribution is 7.24. The molecule has 0 saturated heterocycles. The molecule has 0 saturated carbocycles. The minimum absolute atomic E-state index is 0.156. The van der Waals surface area contributed by atoms with E-state index in [0.29, 0.717) is 44.0 Å². The number of hydrogen-bond donors (Lipinski definition) is 0. The molecular formula is C33H36O6S3. The second kappa shape index (κ2) is 18.2. The molecule has 3 aromatic heterocycles. The van der Waals surface area contributed by atoms with E-state index in [1.165, 1.54) is 11.3 Å². The second-order valence-corrected chi connectivity index (χ2v) is 12.2. The summed E-state index contributed by atoms with van der Waals surface area (Å²) in [6.45, 7) is 6.55. The molecule has 0 fully saturated rings. The van der Waals surface area contributed by atoms with Crippen molar-refractivity contribution in [3.63, 3.8) is 0 Å². The fraction of sp³-hybridized carbons (Fsp3) is 0.424. The van der Waals surface area contributed by atoms with E-state index >= 15 is 0 Å². The van der Waals surface area contributed by atoms with E-state index in [1.807, 2.05) is 44.2 Å². The predicted molar refractivity (Wildman–Crippen MR) is 171 cm³/mol. The molecule has 0 aliphatic heterocycles. The molecule has 0 amide bonds. The molecule has 0 spiro atoms. The summed E-state index contributed by atoms with van der Waals surface area (Å²) in [6, 6.07) is 10.1. The molecule has 0 N–H and O–H groups in total. The molecule has 0 atom stereocenters. The number of rotatable bonds is 14. The van der Waals surface area contributed by atoms with Gasteiger partial charge in [0.15, 0.2) is 0 Å². The highest BCUT2D eigenvalue weighted by atomic mass is 32.1. The van der Waals surface area contributed by atoms with Crippen molar-refractivity contribution >= 4 is 51.9 Å². The van der Waals surface area contributed by atoms with E-state index in [2.05, 4.69) is 23.7 Å². The molecule has 0 unspecified atom stereocenters. The van der Waals surface area contributed by atoms with Crippen molar-refractivity contribution in [2.75, 3.05) is 19.8 Å². The van der Waals surface area contributed by atoms with Crippen molar-refractivity contribution in [3.8, 4) is 43.9 Å². The van der Waals surface area contributed by atoms with Gasteiger partial charge < -0.3 is 14.2 Å². The van der Waals surface area contributed by atoms with Gasteiger partial charge in [-0.3, -0.25) is 9.59 Å². The number of thiophene rings is 3. The van der Waals surface area contributed by atoms with Crippen LogP contribution in [0.1, 0.15) is 91.6 Å². The molecule has 42 heavy (non-hydrogen) atoms. The first-order chi connectivity index (χ1) is 20.4. The Bertz CT molecular complexity index is 1450. The molecule has 222 valence electrons. The Morgan fingerprint density at radius 3 is 1.71 bits per heavy atom. The van der Waals surface area contributed by atoms with E-state index in [4.69, 9.17) is 14.2 Å². The van der Waals surface area contributed by atoms with Gasteiger partial charge in [-0.1, -0.05) is 23.7 Å². The summed E-state index contributed by atoms with van der Waals surface area (Å²) in [6.07, 6.45) is 5.51. The summed E-state index contributed by atoms with van der Waals surface area (Å²) in [4.78, 5) is 41.2. The standard InChI is InChI=1S/C33H36O6S3/c1-4-37-30(34)17-13-9-7-11-15-24-19-21-27(40-24)26-23-29(42-32(26)33(36)39-6-3)28-22-20-25(41-28)16-12-8-10-14-18-31(35)38-5-2/h19-23H,4-10,13-14,17-18H2,1-3H3. The molecule has 0 aliphatic carbocycles. The molecule has 0 radical (unpaired) electrons. The van der Waals surface area contributed by atoms with Crippen LogP contribution in [0.2, 0.25) is 0 Å². The largest absolute Gasteiger partial charge is 0.466 e. The summed E-state index contributed by atoms with van der Waals surface area (Å²) in [5, 5.41) is 0. The van der Waals surface area contributed by atoms with Crippen LogP contribution in [0.15, 0.2) is 30.3 Å².